The highest BCUT2D eigenvalue weighted by molar-refractivity contribution is 7.99. The van der Waals surface area contributed by atoms with Crippen molar-refractivity contribution in [2.24, 2.45) is 0 Å². The van der Waals surface area contributed by atoms with Crippen molar-refractivity contribution < 1.29 is 5.11 Å². The molecule has 3 nitrogen and oxygen atoms in total. The molecule has 2 aromatic rings. The molecular weight excluding hydrogens is 352 g/mol. The van der Waals surface area contributed by atoms with E-state index in [-0.39, 0.29) is 6.61 Å². The Hall–Kier alpha value is -1.33. The summed E-state index contributed by atoms with van der Waals surface area (Å²) in [6.07, 6.45) is 5.20. The van der Waals surface area contributed by atoms with Crippen molar-refractivity contribution in [1.29, 1.82) is 0 Å². The van der Waals surface area contributed by atoms with Crippen molar-refractivity contribution in [3.8, 4) is 0 Å². The molecule has 0 aliphatic heterocycles. The molecule has 0 heterocycles. The van der Waals surface area contributed by atoms with E-state index < -0.39 is 0 Å². The summed E-state index contributed by atoms with van der Waals surface area (Å²) in [6.45, 7) is 7.42. The third kappa shape index (κ3) is 8.06. The number of rotatable bonds is 13. The van der Waals surface area contributed by atoms with Crippen molar-refractivity contribution >= 4 is 11.8 Å². The van der Waals surface area contributed by atoms with Gasteiger partial charge in [-0.3, -0.25) is 0 Å². The molecule has 0 spiro atoms. The van der Waals surface area contributed by atoms with Crippen LogP contribution in [0.5, 0.6) is 0 Å². The van der Waals surface area contributed by atoms with Gasteiger partial charge in [-0.25, -0.2) is 0 Å². The molecule has 0 aliphatic rings. The number of benzene rings is 2. The predicted octanol–water partition coefficient (Wildman–Crippen LogP) is 4.98. The number of unbranched alkanes of at least 4 members (excludes halogenated alkanes) is 2. The summed E-state index contributed by atoms with van der Waals surface area (Å²) >= 11 is 1.73. The van der Waals surface area contributed by atoms with E-state index in [4.69, 9.17) is 0 Å². The maximum atomic E-state index is 9.55. The third-order valence-electron chi connectivity index (χ3n) is 4.69. The van der Waals surface area contributed by atoms with Gasteiger partial charge in [-0.2, -0.15) is 0 Å². The quantitative estimate of drug-likeness (QED) is 0.425. The highest BCUT2D eigenvalue weighted by atomic mass is 32.2. The van der Waals surface area contributed by atoms with Crippen LogP contribution in [-0.4, -0.2) is 24.2 Å². The average molecular weight is 387 g/mol. The van der Waals surface area contributed by atoms with Gasteiger partial charge in [0.05, 0.1) is 6.61 Å². The van der Waals surface area contributed by atoms with Crippen molar-refractivity contribution in [1.82, 2.24) is 10.6 Å². The van der Waals surface area contributed by atoms with Crippen LogP contribution in [0, 0.1) is 0 Å². The molecule has 0 radical (unpaired) electrons. The number of aliphatic hydroxyl groups is 1. The molecule has 0 amide bonds. The Balaban J connectivity index is 1.79. The highest BCUT2D eigenvalue weighted by Gasteiger charge is 2.07. The number of nitrogens with one attached hydrogen (secondary N) is 2. The lowest BCUT2D eigenvalue weighted by Gasteiger charge is -2.15. The Morgan fingerprint density at radius 1 is 0.926 bits per heavy atom. The zero-order chi connectivity index (χ0) is 19.3. The van der Waals surface area contributed by atoms with Gasteiger partial charge in [0.1, 0.15) is 0 Å². The van der Waals surface area contributed by atoms with E-state index in [1.165, 1.54) is 36.1 Å². The lowest BCUT2D eigenvalue weighted by molar-refractivity contribution is 0.279. The average Bonchev–Trinajstić information content (AvgIpc) is 2.69. The Bertz CT molecular complexity index is 662. The fourth-order valence-electron chi connectivity index (χ4n) is 3.03. The molecule has 1 atom stereocenters. The maximum Gasteiger partial charge on any atom is 0.0692 e. The van der Waals surface area contributed by atoms with E-state index in [0.717, 1.165) is 30.1 Å². The van der Waals surface area contributed by atoms with Crippen LogP contribution in [0.4, 0.5) is 0 Å². The molecule has 0 bridgehead atoms. The van der Waals surface area contributed by atoms with Gasteiger partial charge in [0.25, 0.3) is 0 Å². The zero-order valence-corrected chi connectivity index (χ0v) is 17.5. The Kier molecular flexibility index (Phi) is 10.5. The Labute approximate surface area is 169 Å². The van der Waals surface area contributed by atoms with E-state index in [0.29, 0.717) is 6.04 Å². The van der Waals surface area contributed by atoms with Crippen LogP contribution in [0.3, 0.4) is 0 Å². The van der Waals surface area contributed by atoms with Crippen molar-refractivity contribution in [3.63, 3.8) is 0 Å². The van der Waals surface area contributed by atoms with E-state index in [2.05, 4.69) is 54.8 Å². The molecule has 27 heavy (non-hydrogen) atoms. The Morgan fingerprint density at radius 2 is 1.59 bits per heavy atom. The van der Waals surface area contributed by atoms with E-state index >= 15 is 0 Å². The standard InChI is InChI=1S/C23H34N2OS/c1-3-4-5-10-19(2)25-16-15-24-17-20-11-6-8-13-22(20)27-23-14-9-7-12-21(23)18-26/h6-9,11-14,19,24-26H,3-5,10,15-18H2,1-2H3. The van der Waals surface area contributed by atoms with Crippen LogP contribution in [0.1, 0.15) is 50.7 Å². The zero-order valence-electron chi connectivity index (χ0n) is 16.7. The molecule has 0 aromatic heterocycles. The SMILES string of the molecule is CCCCCC(C)NCCNCc1ccccc1Sc1ccccc1CO. The summed E-state index contributed by atoms with van der Waals surface area (Å²) in [4.78, 5) is 2.36. The molecule has 4 heteroatoms. The van der Waals surface area contributed by atoms with Crippen LogP contribution in [-0.2, 0) is 13.2 Å². The molecular formula is C23H34N2OS. The van der Waals surface area contributed by atoms with Gasteiger partial charge in [-0.1, -0.05) is 74.3 Å². The fourth-order valence-corrected chi connectivity index (χ4v) is 4.10. The van der Waals surface area contributed by atoms with Gasteiger partial charge >= 0.3 is 0 Å². The third-order valence-corrected chi connectivity index (χ3v) is 5.92. The monoisotopic (exact) mass is 386 g/mol. The van der Waals surface area contributed by atoms with Gasteiger partial charge in [0.15, 0.2) is 0 Å². The molecule has 1 unspecified atom stereocenters. The molecule has 2 rings (SSSR count). The summed E-state index contributed by atoms with van der Waals surface area (Å²) in [5.41, 5.74) is 2.28. The molecule has 0 saturated heterocycles. The summed E-state index contributed by atoms with van der Waals surface area (Å²) < 4.78 is 0. The lowest BCUT2D eigenvalue weighted by Crippen LogP contribution is -2.33. The van der Waals surface area contributed by atoms with Gasteiger partial charge in [0.2, 0.25) is 0 Å². The van der Waals surface area contributed by atoms with Crippen molar-refractivity contribution in [3.05, 3.63) is 59.7 Å². The lowest BCUT2D eigenvalue weighted by atomic mass is 10.1. The van der Waals surface area contributed by atoms with Crippen LogP contribution in [0.2, 0.25) is 0 Å². The summed E-state index contributed by atoms with van der Waals surface area (Å²) in [5.74, 6) is 0. The van der Waals surface area contributed by atoms with Gasteiger partial charge in [0, 0.05) is 35.5 Å². The van der Waals surface area contributed by atoms with Crippen molar-refractivity contribution in [2.75, 3.05) is 13.1 Å². The number of aliphatic hydroxyl groups excluding tert-OH is 1. The minimum Gasteiger partial charge on any atom is -0.392 e. The Morgan fingerprint density at radius 3 is 2.30 bits per heavy atom. The second-order valence-electron chi connectivity index (χ2n) is 7.00. The molecule has 0 saturated carbocycles. The van der Waals surface area contributed by atoms with E-state index in [1.807, 2.05) is 18.2 Å². The molecule has 0 fully saturated rings. The molecule has 0 aliphatic carbocycles. The maximum absolute atomic E-state index is 9.55. The fraction of sp³-hybridized carbons (Fsp3) is 0.478. The van der Waals surface area contributed by atoms with Crippen LogP contribution in [0.15, 0.2) is 58.3 Å². The van der Waals surface area contributed by atoms with Crippen LogP contribution < -0.4 is 10.6 Å². The first kappa shape index (κ1) is 22.0. The van der Waals surface area contributed by atoms with Crippen LogP contribution in [0.25, 0.3) is 0 Å². The first-order valence-corrected chi connectivity index (χ1v) is 10.9. The smallest absolute Gasteiger partial charge is 0.0692 e. The van der Waals surface area contributed by atoms with E-state index in [9.17, 15) is 5.11 Å². The molecule has 148 valence electrons. The summed E-state index contributed by atoms with van der Waals surface area (Å²) in [5, 5.41) is 16.7. The number of hydrogen-bond acceptors (Lipinski definition) is 4. The number of hydrogen-bond donors (Lipinski definition) is 3. The second-order valence-corrected chi connectivity index (χ2v) is 8.09. The largest absolute Gasteiger partial charge is 0.392 e. The topological polar surface area (TPSA) is 44.3 Å². The normalized spacial score (nSPS) is 12.3. The summed E-state index contributed by atoms with van der Waals surface area (Å²) in [7, 11) is 0. The molecule has 2 aromatic carbocycles. The minimum absolute atomic E-state index is 0.0751. The summed E-state index contributed by atoms with van der Waals surface area (Å²) in [6, 6.07) is 17.1. The second kappa shape index (κ2) is 12.9. The van der Waals surface area contributed by atoms with Gasteiger partial charge in [-0.15, -0.1) is 0 Å². The van der Waals surface area contributed by atoms with E-state index in [1.54, 1.807) is 11.8 Å². The molecule has 3 N–H and O–H groups in total. The van der Waals surface area contributed by atoms with Crippen LogP contribution >= 0.6 is 11.8 Å². The minimum atomic E-state index is 0.0751. The highest BCUT2D eigenvalue weighted by Crippen LogP contribution is 2.32. The first-order valence-electron chi connectivity index (χ1n) is 10.1. The predicted molar refractivity (Wildman–Crippen MR) is 116 cm³/mol. The van der Waals surface area contributed by atoms with Gasteiger partial charge in [-0.05, 0) is 36.6 Å². The van der Waals surface area contributed by atoms with Gasteiger partial charge < -0.3 is 15.7 Å². The first-order chi connectivity index (χ1) is 13.2. The van der Waals surface area contributed by atoms with Crippen molar-refractivity contribution in [2.45, 2.75) is 68.5 Å².